The van der Waals surface area contributed by atoms with Crippen LogP contribution >= 0.6 is 23.1 Å². The fourth-order valence-corrected chi connectivity index (χ4v) is 4.45. The monoisotopic (exact) mass is 418 g/mol. The van der Waals surface area contributed by atoms with Crippen LogP contribution in [-0.4, -0.2) is 20.9 Å². The topological polar surface area (TPSA) is 67.8 Å². The Bertz CT molecular complexity index is 1100. The average Bonchev–Trinajstić information content (AvgIpc) is 3.16. The molecule has 0 aliphatic carbocycles. The number of aryl methyl sites for hydroxylation is 1. The number of anilines is 1. The van der Waals surface area contributed by atoms with Crippen LogP contribution in [0, 0.1) is 6.92 Å². The van der Waals surface area contributed by atoms with E-state index in [1.165, 1.54) is 16.9 Å². The number of nitrogens with one attached hydrogen (secondary N) is 1. The van der Waals surface area contributed by atoms with Gasteiger partial charge < -0.3 is 5.32 Å². The number of rotatable bonds is 6. The molecule has 0 saturated heterocycles. The third-order valence-electron chi connectivity index (χ3n) is 4.13. The molecule has 144 valence electrons. The number of nitrogens with zero attached hydrogens (tertiary/aromatic N) is 3. The Kier molecular flexibility index (Phi) is 5.97. The smallest absolute Gasteiger partial charge is 0.267 e. The van der Waals surface area contributed by atoms with Gasteiger partial charge in [0, 0.05) is 34.9 Å². The van der Waals surface area contributed by atoms with Crippen LogP contribution in [0.5, 0.6) is 0 Å². The maximum Gasteiger partial charge on any atom is 0.267 e. The molecule has 3 aromatic heterocycles. The Morgan fingerprint density at radius 3 is 2.66 bits per heavy atom. The van der Waals surface area contributed by atoms with Gasteiger partial charge in [-0.3, -0.25) is 14.8 Å². The van der Waals surface area contributed by atoms with Crippen LogP contribution in [0.15, 0.2) is 78.1 Å². The van der Waals surface area contributed by atoms with E-state index in [0.717, 1.165) is 27.0 Å². The minimum absolute atomic E-state index is 0.155. The van der Waals surface area contributed by atoms with E-state index in [-0.39, 0.29) is 5.91 Å². The van der Waals surface area contributed by atoms with E-state index in [1.54, 1.807) is 24.2 Å². The van der Waals surface area contributed by atoms with Crippen molar-refractivity contribution >= 4 is 34.7 Å². The van der Waals surface area contributed by atoms with Crippen molar-refractivity contribution in [3.05, 3.63) is 89.3 Å². The van der Waals surface area contributed by atoms with Gasteiger partial charge in [0.15, 0.2) is 0 Å². The lowest BCUT2D eigenvalue weighted by Gasteiger charge is -2.06. The predicted molar refractivity (Wildman–Crippen MR) is 118 cm³/mol. The highest BCUT2D eigenvalue weighted by Gasteiger charge is 2.17. The van der Waals surface area contributed by atoms with E-state index >= 15 is 0 Å². The Balaban J connectivity index is 1.40. The summed E-state index contributed by atoms with van der Waals surface area (Å²) < 4.78 is 0. The number of carbonyl (C=O) groups is 1. The molecule has 1 N–H and O–H groups in total. The van der Waals surface area contributed by atoms with E-state index in [2.05, 4.69) is 26.3 Å². The second-order valence-corrected chi connectivity index (χ2v) is 8.32. The van der Waals surface area contributed by atoms with Gasteiger partial charge in [0.2, 0.25) is 0 Å². The third-order valence-corrected chi connectivity index (χ3v) is 6.39. The summed E-state index contributed by atoms with van der Waals surface area (Å²) >= 11 is 3.09. The quantitative estimate of drug-likeness (QED) is 0.422. The molecule has 4 rings (SSSR count). The van der Waals surface area contributed by atoms with Gasteiger partial charge in [0.25, 0.3) is 5.91 Å². The number of benzene rings is 1. The van der Waals surface area contributed by atoms with Crippen LogP contribution in [0.2, 0.25) is 0 Å². The summed E-state index contributed by atoms with van der Waals surface area (Å²) in [4.78, 5) is 27.4. The number of thiazole rings is 1. The highest BCUT2D eigenvalue weighted by atomic mass is 32.2. The van der Waals surface area contributed by atoms with Crippen molar-refractivity contribution in [1.82, 2.24) is 15.0 Å². The van der Waals surface area contributed by atoms with Crippen LogP contribution < -0.4 is 5.32 Å². The Hall–Kier alpha value is -3.03. The summed E-state index contributed by atoms with van der Waals surface area (Å²) in [6, 6.07) is 17.5. The van der Waals surface area contributed by atoms with E-state index in [4.69, 9.17) is 0 Å². The molecule has 29 heavy (non-hydrogen) atoms. The molecule has 7 heteroatoms. The normalized spacial score (nSPS) is 10.7. The number of pyridine rings is 2. The molecule has 0 aliphatic rings. The van der Waals surface area contributed by atoms with Gasteiger partial charge in [0.1, 0.15) is 9.88 Å². The fourth-order valence-electron chi connectivity index (χ4n) is 2.68. The molecule has 1 amide bonds. The minimum Gasteiger partial charge on any atom is -0.321 e. The molecule has 4 aromatic rings. The standard InChI is InChI=1S/C22H18N4OS2/c1-15-20(29-22(25-15)19-6-2-3-12-24-19)21(27)26-17-7-9-18(10-8-17)28-14-16-5-4-11-23-13-16/h2-13H,14H2,1H3,(H,26,27). The first-order valence-electron chi connectivity index (χ1n) is 9.01. The molecule has 0 atom stereocenters. The number of aromatic nitrogens is 3. The van der Waals surface area contributed by atoms with Gasteiger partial charge in [-0.05, 0) is 55.0 Å². The SMILES string of the molecule is Cc1nc(-c2ccccn2)sc1C(=O)Nc1ccc(SCc2cccnc2)cc1. The summed E-state index contributed by atoms with van der Waals surface area (Å²) in [5, 5.41) is 3.70. The van der Waals surface area contributed by atoms with Gasteiger partial charge >= 0.3 is 0 Å². The zero-order chi connectivity index (χ0) is 20.1. The largest absolute Gasteiger partial charge is 0.321 e. The first kappa shape index (κ1) is 19.3. The fraction of sp³-hybridized carbons (Fsp3) is 0.0909. The first-order chi connectivity index (χ1) is 14.2. The molecule has 0 saturated carbocycles. The number of hydrogen-bond donors (Lipinski definition) is 1. The highest BCUT2D eigenvalue weighted by molar-refractivity contribution is 7.98. The zero-order valence-corrected chi connectivity index (χ0v) is 17.3. The summed E-state index contributed by atoms with van der Waals surface area (Å²) in [5.74, 6) is 0.702. The predicted octanol–water partition coefficient (Wildman–Crippen LogP) is 5.45. The van der Waals surface area contributed by atoms with E-state index in [9.17, 15) is 4.79 Å². The molecule has 5 nitrogen and oxygen atoms in total. The number of amides is 1. The van der Waals surface area contributed by atoms with Gasteiger partial charge in [0.05, 0.1) is 11.4 Å². The molecule has 0 unspecified atom stereocenters. The second-order valence-electron chi connectivity index (χ2n) is 6.28. The van der Waals surface area contributed by atoms with Crippen molar-refractivity contribution in [2.24, 2.45) is 0 Å². The van der Waals surface area contributed by atoms with E-state index < -0.39 is 0 Å². The third kappa shape index (κ3) is 4.88. The average molecular weight is 419 g/mol. The number of hydrogen-bond acceptors (Lipinski definition) is 6. The van der Waals surface area contributed by atoms with Gasteiger partial charge in [-0.15, -0.1) is 23.1 Å². The van der Waals surface area contributed by atoms with Crippen LogP contribution in [-0.2, 0) is 5.75 Å². The molecule has 0 aliphatic heterocycles. The van der Waals surface area contributed by atoms with Crippen LogP contribution in [0.4, 0.5) is 5.69 Å². The van der Waals surface area contributed by atoms with Crippen LogP contribution in [0.25, 0.3) is 10.7 Å². The van der Waals surface area contributed by atoms with Crippen molar-refractivity contribution in [2.45, 2.75) is 17.6 Å². The van der Waals surface area contributed by atoms with E-state index in [1.807, 2.05) is 61.7 Å². The summed E-state index contributed by atoms with van der Waals surface area (Å²) in [7, 11) is 0. The zero-order valence-electron chi connectivity index (χ0n) is 15.7. The maximum absolute atomic E-state index is 12.7. The molecule has 0 bridgehead atoms. The Labute approximate surface area is 177 Å². The number of carbonyl (C=O) groups excluding carboxylic acids is 1. The minimum atomic E-state index is -0.155. The second kappa shape index (κ2) is 8.98. The lowest BCUT2D eigenvalue weighted by atomic mass is 10.3. The molecular weight excluding hydrogens is 400 g/mol. The molecule has 3 heterocycles. The summed E-state index contributed by atoms with van der Waals surface area (Å²) in [5.41, 5.74) is 3.42. The summed E-state index contributed by atoms with van der Waals surface area (Å²) in [6.45, 7) is 1.84. The van der Waals surface area contributed by atoms with Crippen molar-refractivity contribution in [2.75, 3.05) is 5.32 Å². The van der Waals surface area contributed by atoms with Crippen LogP contribution in [0.1, 0.15) is 20.9 Å². The van der Waals surface area contributed by atoms with Crippen LogP contribution in [0.3, 0.4) is 0 Å². The van der Waals surface area contributed by atoms with E-state index in [0.29, 0.717) is 10.6 Å². The van der Waals surface area contributed by atoms with Crippen molar-refractivity contribution in [3.63, 3.8) is 0 Å². The lowest BCUT2D eigenvalue weighted by molar-refractivity contribution is 0.103. The van der Waals surface area contributed by atoms with Gasteiger partial charge in [-0.2, -0.15) is 0 Å². The molecule has 1 aromatic carbocycles. The molecular formula is C22H18N4OS2. The van der Waals surface area contributed by atoms with Crippen molar-refractivity contribution in [3.8, 4) is 10.7 Å². The lowest BCUT2D eigenvalue weighted by Crippen LogP contribution is -2.11. The molecule has 0 spiro atoms. The Morgan fingerprint density at radius 2 is 1.93 bits per heavy atom. The Morgan fingerprint density at radius 1 is 1.07 bits per heavy atom. The van der Waals surface area contributed by atoms with Gasteiger partial charge in [-0.25, -0.2) is 4.98 Å². The molecule has 0 radical (unpaired) electrons. The van der Waals surface area contributed by atoms with Crippen molar-refractivity contribution < 1.29 is 4.79 Å². The summed E-state index contributed by atoms with van der Waals surface area (Å²) in [6.07, 6.45) is 5.37. The number of thioether (sulfide) groups is 1. The maximum atomic E-state index is 12.7. The highest BCUT2D eigenvalue weighted by Crippen LogP contribution is 2.28. The van der Waals surface area contributed by atoms with Crippen molar-refractivity contribution in [1.29, 1.82) is 0 Å². The first-order valence-corrected chi connectivity index (χ1v) is 10.8. The van der Waals surface area contributed by atoms with Gasteiger partial charge in [-0.1, -0.05) is 12.1 Å². The molecule has 0 fully saturated rings.